The van der Waals surface area contributed by atoms with Gasteiger partial charge in [-0.25, -0.2) is 0 Å². The largest absolute Gasteiger partial charge is 0.495 e. The summed E-state index contributed by atoms with van der Waals surface area (Å²) < 4.78 is 6.74. The topological polar surface area (TPSA) is 29.5 Å². The van der Waals surface area contributed by atoms with E-state index in [4.69, 9.17) is 4.74 Å². The zero-order valence-electron chi connectivity index (χ0n) is 12.3. The summed E-state index contributed by atoms with van der Waals surface area (Å²) >= 11 is 3.73. The molecule has 0 radical (unpaired) electrons. The lowest BCUT2D eigenvalue weighted by Gasteiger charge is -2.32. The van der Waals surface area contributed by atoms with Crippen molar-refractivity contribution in [2.45, 2.75) is 51.9 Å². The molecular formula is C16H23BrO2. The molecule has 0 spiro atoms. The fraction of sp³-hybridized carbons (Fsp3) is 0.625. The van der Waals surface area contributed by atoms with E-state index < -0.39 is 0 Å². The number of methoxy groups -OCH3 is 1. The molecule has 3 heteroatoms. The van der Waals surface area contributed by atoms with Crippen LogP contribution in [-0.4, -0.2) is 18.8 Å². The lowest BCUT2D eigenvalue weighted by Crippen LogP contribution is -2.26. The van der Waals surface area contributed by atoms with Crippen LogP contribution >= 0.6 is 15.9 Å². The van der Waals surface area contributed by atoms with Crippen LogP contribution in [0, 0.1) is 6.92 Å². The monoisotopic (exact) mass is 326 g/mol. The van der Waals surface area contributed by atoms with Gasteiger partial charge in [0.2, 0.25) is 0 Å². The van der Waals surface area contributed by atoms with E-state index in [2.05, 4.69) is 36.7 Å². The van der Waals surface area contributed by atoms with Crippen LogP contribution in [0.15, 0.2) is 4.47 Å². The third kappa shape index (κ3) is 2.43. The van der Waals surface area contributed by atoms with Crippen molar-refractivity contribution in [1.29, 1.82) is 0 Å². The number of hydrogen-bond acceptors (Lipinski definition) is 2. The Bertz CT molecular complexity index is 492. The Labute approximate surface area is 124 Å². The van der Waals surface area contributed by atoms with Crippen molar-refractivity contribution in [3.63, 3.8) is 0 Å². The van der Waals surface area contributed by atoms with Crippen molar-refractivity contribution in [3.8, 4) is 5.75 Å². The lowest BCUT2D eigenvalue weighted by molar-refractivity contribution is 0.214. The molecule has 0 aromatic heterocycles. The maximum absolute atomic E-state index is 9.72. The molecule has 106 valence electrons. The molecule has 1 N–H and O–H groups in total. The van der Waals surface area contributed by atoms with Crippen LogP contribution in [0.1, 0.15) is 48.9 Å². The average molecular weight is 327 g/mol. The first-order valence-electron chi connectivity index (χ1n) is 6.93. The molecule has 1 aliphatic carbocycles. The van der Waals surface area contributed by atoms with Gasteiger partial charge in [0.1, 0.15) is 5.75 Å². The van der Waals surface area contributed by atoms with Gasteiger partial charge in [-0.1, -0.05) is 13.8 Å². The predicted molar refractivity (Wildman–Crippen MR) is 82.2 cm³/mol. The van der Waals surface area contributed by atoms with Crippen LogP contribution in [-0.2, 0) is 18.3 Å². The summed E-state index contributed by atoms with van der Waals surface area (Å²) in [6.07, 6.45) is 4.76. The first-order valence-corrected chi connectivity index (χ1v) is 7.72. The molecule has 1 aliphatic rings. The van der Waals surface area contributed by atoms with Gasteiger partial charge in [-0.2, -0.15) is 0 Å². The highest BCUT2D eigenvalue weighted by Crippen LogP contribution is 2.45. The van der Waals surface area contributed by atoms with Crippen LogP contribution in [0.3, 0.4) is 0 Å². The van der Waals surface area contributed by atoms with Crippen LogP contribution < -0.4 is 4.74 Å². The molecule has 19 heavy (non-hydrogen) atoms. The third-order valence-corrected chi connectivity index (χ3v) is 5.10. The van der Waals surface area contributed by atoms with Crippen LogP contribution in [0.2, 0.25) is 0 Å². The van der Waals surface area contributed by atoms with Crippen molar-refractivity contribution in [2.75, 3.05) is 13.7 Å². The van der Waals surface area contributed by atoms with Crippen LogP contribution in [0.25, 0.3) is 0 Å². The second-order valence-electron chi connectivity index (χ2n) is 6.05. The lowest BCUT2D eigenvalue weighted by atomic mass is 9.77. The molecular weight excluding hydrogens is 304 g/mol. The first-order chi connectivity index (χ1) is 8.94. The highest BCUT2D eigenvalue weighted by molar-refractivity contribution is 9.10. The molecule has 0 saturated heterocycles. The Kier molecular flexibility index (Phi) is 4.26. The van der Waals surface area contributed by atoms with E-state index in [9.17, 15) is 5.11 Å². The number of aliphatic hydroxyl groups excluding tert-OH is 1. The number of aliphatic hydroxyl groups is 1. The summed E-state index contributed by atoms with van der Waals surface area (Å²) in [7, 11) is 1.71. The second-order valence-corrected chi connectivity index (χ2v) is 6.85. The van der Waals surface area contributed by atoms with E-state index in [-0.39, 0.29) is 12.0 Å². The summed E-state index contributed by atoms with van der Waals surface area (Å²) in [6.45, 7) is 6.43. The fourth-order valence-electron chi connectivity index (χ4n) is 3.22. The maximum atomic E-state index is 9.72. The molecule has 1 aromatic rings. The Morgan fingerprint density at radius 3 is 2.32 bits per heavy atom. The molecule has 0 amide bonds. The van der Waals surface area contributed by atoms with E-state index >= 15 is 0 Å². The number of fused-ring (bicyclic) bond motifs is 1. The van der Waals surface area contributed by atoms with Gasteiger partial charge < -0.3 is 9.84 Å². The quantitative estimate of drug-likeness (QED) is 0.912. The smallest absolute Gasteiger partial charge is 0.137 e. The highest BCUT2D eigenvalue weighted by atomic mass is 79.9. The van der Waals surface area contributed by atoms with Crippen molar-refractivity contribution >= 4 is 15.9 Å². The van der Waals surface area contributed by atoms with E-state index in [0.29, 0.717) is 0 Å². The molecule has 2 rings (SSSR count). The summed E-state index contributed by atoms with van der Waals surface area (Å²) in [6, 6.07) is 0. The second kappa shape index (κ2) is 5.45. The maximum Gasteiger partial charge on any atom is 0.137 e. The first kappa shape index (κ1) is 14.9. The highest BCUT2D eigenvalue weighted by Gasteiger charge is 2.31. The van der Waals surface area contributed by atoms with E-state index in [1.54, 1.807) is 7.11 Å². The molecule has 2 nitrogen and oxygen atoms in total. The van der Waals surface area contributed by atoms with Crippen molar-refractivity contribution in [2.24, 2.45) is 0 Å². The average Bonchev–Trinajstić information content (AvgIpc) is 2.42. The zero-order chi connectivity index (χ0) is 14.2. The number of hydrogen-bond donors (Lipinski definition) is 1. The van der Waals surface area contributed by atoms with Crippen LogP contribution in [0.5, 0.6) is 5.75 Å². The van der Waals surface area contributed by atoms with E-state index in [1.807, 2.05) is 0 Å². The molecule has 0 aliphatic heterocycles. The minimum Gasteiger partial charge on any atom is -0.495 e. The predicted octanol–water partition coefficient (Wildman–Crippen LogP) is 3.91. The fourth-order valence-corrected chi connectivity index (χ4v) is 4.01. The van der Waals surface area contributed by atoms with Gasteiger partial charge >= 0.3 is 0 Å². The molecule has 0 bridgehead atoms. The summed E-state index contributed by atoms with van der Waals surface area (Å²) in [5.74, 6) is 0.900. The number of benzene rings is 1. The molecule has 0 heterocycles. The van der Waals surface area contributed by atoms with Gasteiger partial charge in [0.15, 0.2) is 0 Å². The van der Waals surface area contributed by atoms with Crippen molar-refractivity contribution in [1.82, 2.24) is 0 Å². The molecule has 0 fully saturated rings. The number of halogens is 1. The normalized spacial score (nSPS) is 15.3. The van der Waals surface area contributed by atoms with Gasteiger partial charge in [-0.15, -0.1) is 0 Å². The summed E-state index contributed by atoms with van der Waals surface area (Å²) in [5.41, 5.74) is 5.01. The van der Waals surface area contributed by atoms with E-state index in [1.165, 1.54) is 29.5 Å². The van der Waals surface area contributed by atoms with Gasteiger partial charge in [0.25, 0.3) is 0 Å². The Morgan fingerprint density at radius 1 is 1.21 bits per heavy atom. The van der Waals surface area contributed by atoms with Gasteiger partial charge in [-0.3, -0.25) is 0 Å². The van der Waals surface area contributed by atoms with Gasteiger partial charge in [0.05, 0.1) is 18.2 Å². The van der Waals surface area contributed by atoms with Crippen LogP contribution in [0.4, 0.5) is 0 Å². The van der Waals surface area contributed by atoms with Crippen molar-refractivity contribution < 1.29 is 9.84 Å². The molecule has 0 saturated carbocycles. The number of ether oxygens (including phenoxy) is 1. The summed E-state index contributed by atoms with van der Waals surface area (Å²) in [4.78, 5) is 0. The third-order valence-electron chi connectivity index (χ3n) is 4.26. The molecule has 0 unspecified atom stereocenters. The molecule has 1 aromatic carbocycles. The van der Waals surface area contributed by atoms with E-state index in [0.717, 1.165) is 28.6 Å². The Hall–Kier alpha value is -0.540. The zero-order valence-corrected chi connectivity index (χ0v) is 13.9. The minimum absolute atomic E-state index is 0.120. The number of rotatable bonds is 3. The SMILES string of the molecule is COc1c(Br)c2c(c(C)c1C(C)(C)CO)CCCC2. The minimum atomic E-state index is -0.287. The standard InChI is InChI=1S/C16H23BrO2/c1-10-11-7-5-6-8-12(11)14(17)15(19-4)13(10)16(2,3)9-18/h18H,5-9H2,1-4H3. The summed E-state index contributed by atoms with van der Waals surface area (Å²) in [5, 5.41) is 9.72. The van der Waals surface area contributed by atoms with Gasteiger partial charge in [0, 0.05) is 11.0 Å². The van der Waals surface area contributed by atoms with Crippen molar-refractivity contribution in [3.05, 3.63) is 26.7 Å². The van der Waals surface area contributed by atoms with Gasteiger partial charge in [-0.05, 0) is 65.2 Å². The Balaban J connectivity index is 2.76. The Morgan fingerprint density at radius 2 is 1.79 bits per heavy atom. The molecule has 0 atom stereocenters.